The summed E-state index contributed by atoms with van der Waals surface area (Å²) in [6.45, 7) is 2.10. The molecule has 0 aliphatic heterocycles. The molecule has 1 aromatic rings. The van der Waals surface area contributed by atoms with Gasteiger partial charge in [-0.2, -0.15) is 0 Å². The van der Waals surface area contributed by atoms with Gasteiger partial charge in [0.2, 0.25) is 0 Å². The molecule has 1 fully saturated rings. The lowest BCUT2D eigenvalue weighted by atomic mass is 9.88. The Morgan fingerprint density at radius 2 is 2.11 bits per heavy atom. The maximum absolute atomic E-state index is 12.2. The van der Waals surface area contributed by atoms with Gasteiger partial charge in [-0.05, 0) is 42.9 Å². The number of rotatable bonds is 2. The molecule has 1 aromatic carbocycles. The molecule has 2 N–H and O–H groups in total. The maximum atomic E-state index is 12.2. The van der Waals surface area contributed by atoms with E-state index in [1.807, 2.05) is 0 Å². The molecule has 2 rings (SSSR count). The van der Waals surface area contributed by atoms with Gasteiger partial charge in [0.05, 0.1) is 0 Å². The highest BCUT2D eigenvalue weighted by Crippen LogP contribution is 2.40. The van der Waals surface area contributed by atoms with Crippen molar-refractivity contribution in [3.63, 3.8) is 0 Å². The quantitative estimate of drug-likeness (QED) is 0.881. The second-order valence-corrected chi connectivity index (χ2v) is 5.08. The Morgan fingerprint density at radius 3 is 2.67 bits per heavy atom. The molecule has 2 unspecified atom stereocenters. The van der Waals surface area contributed by atoms with Crippen LogP contribution in [0.3, 0.4) is 0 Å². The number of nitrogens with two attached hydrogens (primary N) is 1. The second-order valence-electron chi connectivity index (χ2n) is 5.08. The van der Waals surface area contributed by atoms with Crippen molar-refractivity contribution in [2.75, 3.05) is 0 Å². The van der Waals surface area contributed by atoms with E-state index in [9.17, 15) is 13.2 Å². The Labute approximate surface area is 104 Å². The fourth-order valence-corrected chi connectivity index (χ4v) is 2.60. The molecule has 1 aliphatic carbocycles. The SMILES string of the molecule is CC1CCC(N)(c2cccc(OC(F)(F)F)c2)C1. The second kappa shape index (κ2) is 4.46. The molecule has 1 aliphatic rings. The molecule has 0 spiro atoms. The first kappa shape index (κ1) is 13.2. The van der Waals surface area contributed by atoms with Crippen molar-refractivity contribution in [3.05, 3.63) is 29.8 Å². The molecule has 100 valence electrons. The van der Waals surface area contributed by atoms with E-state index in [2.05, 4.69) is 11.7 Å². The number of hydrogen-bond donors (Lipinski definition) is 1. The van der Waals surface area contributed by atoms with Gasteiger partial charge < -0.3 is 10.5 Å². The van der Waals surface area contributed by atoms with Gasteiger partial charge in [-0.1, -0.05) is 19.1 Å². The van der Waals surface area contributed by atoms with Gasteiger partial charge in [0, 0.05) is 5.54 Å². The number of ether oxygens (including phenoxy) is 1. The average Bonchev–Trinajstić information content (AvgIpc) is 2.58. The monoisotopic (exact) mass is 259 g/mol. The van der Waals surface area contributed by atoms with Crippen LogP contribution in [0, 0.1) is 5.92 Å². The van der Waals surface area contributed by atoms with Gasteiger partial charge in [0.25, 0.3) is 0 Å². The minimum absolute atomic E-state index is 0.204. The van der Waals surface area contributed by atoms with Crippen molar-refractivity contribution in [2.45, 2.75) is 38.1 Å². The van der Waals surface area contributed by atoms with E-state index in [-0.39, 0.29) is 5.75 Å². The highest BCUT2D eigenvalue weighted by Gasteiger charge is 2.36. The number of halogens is 3. The summed E-state index contributed by atoms with van der Waals surface area (Å²) in [5.74, 6) is 0.298. The maximum Gasteiger partial charge on any atom is 0.573 e. The molecule has 0 bridgehead atoms. The third kappa shape index (κ3) is 2.96. The van der Waals surface area contributed by atoms with Crippen LogP contribution in [0.2, 0.25) is 0 Å². The Hall–Kier alpha value is -1.23. The first-order chi connectivity index (χ1) is 8.28. The van der Waals surface area contributed by atoms with Crippen molar-refractivity contribution in [3.8, 4) is 5.75 Å². The third-order valence-corrected chi connectivity index (χ3v) is 3.44. The van der Waals surface area contributed by atoms with Crippen LogP contribution < -0.4 is 10.5 Å². The van der Waals surface area contributed by atoms with Crippen LogP contribution in [-0.2, 0) is 5.54 Å². The summed E-state index contributed by atoms with van der Waals surface area (Å²) in [7, 11) is 0. The van der Waals surface area contributed by atoms with Crippen molar-refractivity contribution in [1.82, 2.24) is 0 Å². The minimum Gasteiger partial charge on any atom is -0.406 e. The molecule has 2 nitrogen and oxygen atoms in total. The van der Waals surface area contributed by atoms with E-state index in [0.717, 1.165) is 19.3 Å². The predicted octanol–water partition coefficient (Wildman–Crippen LogP) is 3.56. The Morgan fingerprint density at radius 1 is 1.39 bits per heavy atom. The van der Waals surface area contributed by atoms with E-state index in [1.165, 1.54) is 12.1 Å². The Bertz CT molecular complexity index is 432. The van der Waals surface area contributed by atoms with Gasteiger partial charge in [0.1, 0.15) is 5.75 Å². The fourth-order valence-electron chi connectivity index (χ4n) is 2.60. The van der Waals surface area contributed by atoms with Gasteiger partial charge >= 0.3 is 6.36 Å². The molecule has 1 saturated carbocycles. The Balaban J connectivity index is 2.22. The van der Waals surface area contributed by atoms with Crippen molar-refractivity contribution < 1.29 is 17.9 Å². The third-order valence-electron chi connectivity index (χ3n) is 3.44. The van der Waals surface area contributed by atoms with Crippen LogP contribution >= 0.6 is 0 Å². The smallest absolute Gasteiger partial charge is 0.406 e. The van der Waals surface area contributed by atoms with Crippen LogP contribution in [0.1, 0.15) is 31.7 Å². The van der Waals surface area contributed by atoms with E-state index in [0.29, 0.717) is 11.5 Å². The van der Waals surface area contributed by atoms with Gasteiger partial charge in [0.15, 0.2) is 0 Å². The first-order valence-corrected chi connectivity index (χ1v) is 5.94. The molecule has 0 heterocycles. The lowest BCUT2D eigenvalue weighted by Crippen LogP contribution is -2.33. The molecule has 0 amide bonds. The van der Waals surface area contributed by atoms with Crippen LogP contribution in [0.25, 0.3) is 0 Å². The summed E-state index contributed by atoms with van der Waals surface area (Å²) < 4.78 is 40.4. The normalized spacial score (nSPS) is 28.4. The van der Waals surface area contributed by atoms with Gasteiger partial charge in [-0.15, -0.1) is 13.2 Å². The largest absolute Gasteiger partial charge is 0.573 e. The van der Waals surface area contributed by atoms with Crippen molar-refractivity contribution >= 4 is 0 Å². The molecule has 2 atom stereocenters. The van der Waals surface area contributed by atoms with Crippen LogP contribution in [0.5, 0.6) is 5.75 Å². The zero-order chi connectivity index (χ0) is 13.4. The van der Waals surface area contributed by atoms with Crippen LogP contribution in [0.4, 0.5) is 13.2 Å². The van der Waals surface area contributed by atoms with E-state index in [4.69, 9.17) is 5.73 Å². The van der Waals surface area contributed by atoms with Crippen molar-refractivity contribution in [1.29, 1.82) is 0 Å². The van der Waals surface area contributed by atoms with Gasteiger partial charge in [-0.25, -0.2) is 0 Å². The van der Waals surface area contributed by atoms with Gasteiger partial charge in [-0.3, -0.25) is 0 Å². The number of alkyl halides is 3. The highest BCUT2D eigenvalue weighted by molar-refractivity contribution is 5.34. The number of hydrogen-bond acceptors (Lipinski definition) is 2. The van der Waals surface area contributed by atoms with E-state index >= 15 is 0 Å². The standard InChI is InChI=1S/C13H16F3NO/c1-9-5-6-12(17,8-9)10-3-2-4-11(7-10)18-13(14,15)16/h2-4,7,9H,5-6,8,17H2,1H3. The molecular formula is C13H16F3NO. The number of benzene rings is 1. The molecule has 18 heavy (non-hydrogen) atoms. The lowest BCUT2D eigenvalue weighted by molar-refractivity contribution is -0.274. The highest BCUT2D eigenvalue weighted by atomic mass is 19.4. The average molecular weight is 259 g/mol. The first-order valence-electron chi connectivity index (χ1n) is 5.94. The topological polar surface area (TPSA) is 35.2 Å². The molecule has 0 aromatic heterocycles. The summed E-state index contributed by atoms with van der Waals surface area (Å²) in [5, 5.41) is 0. The fraction of sp³-hybridized carbons (Fsp3) is 0.538. The summed E-state index contributed by atoms with van der Waals surface area (Å²) in [4.78, 5) is 0. The molecular weight excluding hydrogens is 243 g/mol. The summed E-state index contributed by atoms with van der Waals surface area (Å²) in [6, 6.07) is 6.00. The molecule has 5 heteroatoms. The zero-order valence-electron chi connectivity index (χ0n) is 10.1. The molecule has 0 radical (unpaired) electrons. The minimum atomic E-state index is -4.66. The van der Waals surface area contributed by atoms with Crippen molar-refractivity contribution in [2.24, 2.45) is 11.7 Å². The molecule has 0 saturated heterocycles. The summed E-state index contributed by atoms with van der Waals surface area (Å²) >= 11 is 0. The summed E-state index contributed by atoms with van der Waals surface area (Å²) in [5.41, 5.74) is 6.46. The van der Waals surface area contributed by atoms with Crippen LogP contribution in [-0.4, -0.2) is 6.36 Å². The lowest BCUT2D eigenvalue weighted by Gasteiger charge is -2.25. The predicted molar refractivity (Wildman–Crippen MR) is 62.0 cm³/mol. The van der Waals surface area contributed by atoms with E-state index < -0.39 is 11.9 Å². The Kier molecular flexibility index (Phi) is 3.27. The zero-order valence-corrected chi connectivity index (χ0v) is 10.1. The van der Waals surface area contributed by atoms with Crippen LogP contribution in [0.15, 0.2) is 24.3 Å². The van der Waals surface area contributed by atoms with E-state index in [1.54, 1.807) is 12.1 Å². The summed E-state index contributed by atoms with van der Waals surface area (Å²) in [6.07, 6.45) is -2.07.